The van der Waals surface area contributed by atoms with Gasteiger partial charge in [-0.1, -0.05) is 34.1 Å². The molecule has 0 aromatic carbocycles. The van der Waals surface area contributed by atoms with Crippen LogP contribution in [0.25, 0.3) is 0 Å². The lowest BCUT2D eigenvalue weighted by molar-refractivity contribution is -0.119. The number of nitrogens with zero attached hydrogens (tertiary/aromatic N) is 1. The van der Waals surface area contributed by atoms with Gasteiger partial charge in [0.1, 0.15) is 11.5 Å². The summed E-state index contributed by atoms with van der Waals surface area (Å²) in [7, 11) is 0. The van der Waals surface area contributed by atoms with Gasteiger partial charge in [0, 0.05) is 19.1 Å². The van der Waals surface area contributed by atoms with Crippen molar-refractivity contribution < 1.29 is 4.79 Å². The summed E-state index contributed by atoms with van der Waals surface area (Å²) in [6.07, 6.45) is 2.49. The minimum atomic E-state index is -0.532. The molecule has 8 heteroatoms. The van der Waals surface area contributed by atoms with E-state index in [1.54, 1.807) is 13.8 Å². The van der Waals surface area contributed by atoms with Crippen molar-refractivity contribution in [3.63, 3.8) is 0 Å². The number of nitrogens with two attached hydrogens (primary N) is 1. The van der Waals surface area contributed by atoms with Crippen LogP contribution in [-0.4, -0.2) is 28.0 Å². The van der Waals surface area contributed by atoms with E-state index in [9.17, 15) is 14.4 Å². The molecule has 0 aliphatic carbocycles. The van der Waals surface area contributed by atoms with E-state index in [1.807, 2.05) is 6.92 Å². The predicted octanol–water partition coefficient (Wildman–Crippen LogP) is 1.72. The van der Waals surface area contributed by atoms with Gasteiger partial charge in [0.25, 0.3) is 5.56 Å². The number of carbonyl (C=O) groups excluding carboxylic acids is 1. The van der Waals surface area contributed by atoms with Gasteiger partial charge in [-0.05, 0) is 25.7 Å². The van der Waals surface area contributed by atoms with Gasteiger partial charge in [-0.25, -0.2) is 4.79 Å². The lowest BCUT2D eigenvalue weighted by Crippen LogP contribution is -2.39. The molecule has 1 aromatic heterocycles. The smallest absolute Gasteiger partial charge is 0.330 e. The monoisotopic (exact) mass is 367 g/mol. The molecule has 0 fully saturated rings. The van der Waals surface area contributed by atoms with Crippen LogP contribution in [0.2, 0.25) is 0 Å². The second-order valence-electron chi connectivity index (χ2n) is 7.23. The highest BCUT2D eigenvalue weighted by Gasteiger charge is 2.22. The van der Waals surface area contributed by atoms with Crippen LogP contribution in [0.5, 0.6) is 0 Å². The number of hydrogen-bond acceptors (Lipinski definition) is 5. The SMILES string of the molecule is CCCCn1c(NC(=O)C(C)C(C)N)c(NCCC(C)C)c(=O)[nH]c1=O. The number of aromatic amines is 1. The number of unbranched alkanes of at least 4 members (excludes halogenated alkanes) is 1. The normalized spacial score (nSPS) is 13.5. The van der Waals surface area contributed by atoms with Crippen LogP contribution >= 0.6 is 0 Å². The standard InChI is InChI=1S/C18H33N5O3/c1-6-7-10-23-15(21-16(24)12(4)13(5)19)14(17(25)22-18(23)26)20-9-8-11(2)3/h11-13,20H,6-10,19H2,1-5H3,(H,21,24)(H,22,25,26). The second-order valence-corrected chi connectivity index (χ2v) is 7.23. The van der Waals surface area contributed by atoms with E-state index in [1.165, 1.54) is 4.57 Å². The van der Waals surface area contributed by atoms with Crippen molar-refractivity contribution in [2.24, 2.45) is 17.6 Å². The summed E-state index contributed by atoms with van der Waals surface area (Å²) in [6, 6.07) is -0.342. The van der Waals surface area contributed by atoms with E-state index in [0.29, 0.717) is 19.0 Å². The van der Waals surface area contributed by atoms with Gasteiger partial charge in [-0.3, -0.25) is 19.1 Å². The summed E-state index contributed by atoms with van der Waals surface area (Å²) in [5, 5.41) is 5.83. The van der Waals surface area contributed by atoms with Gasteiger partial charge >= 0.3 is 5.69 Å². The van der Waals surface area contributed by atoms with Crippen LogP contribution in [0.1, 0.15) is 53.9 Å². The molecular formula is C18H33N5O3. The fourth-order valence-corrected chi connectivity index (χ4v) is 2.35. The first-order valence-corrected chi connectivity index (χ1v) is 9.36. The van der Waals surface area contributed by atoms with E-state index in [4.69, 9.17) is 5.73 Å². The van der Waals surface area contributed by atoms with Crippen molar-refractivity contribution >= 4 is 17.4 Å². The average Bonchev–Trinajstić information content (AvgIpc) is 2.55. The zero-order valence-corrected chi connectivity index (χ0v) is 16.5. The van der Waals surface area contributed by atoms with Gasteiger partial charge in [-0.2, -0.15) is 0 Å². The second kappa shape index (κ2) is 10.2. The fourth-order valence-electron chi connectivity index (χ4n) is 2.35. The fraction of sp³-hybridized carbons (Fsp3) is 0.722. The minimum Gasteiger partial charge on any atom is -0.378 e. The Morgan fingerprint density at radius 1 is 1.23 bits per heavy atom. The van der Waals surface area contributed by atoms with Crippen LogP contribution in [0.15, 0.2) is 9.59 Å². The molecular weight excluding hydrogens is 334 g/mol. The summed E-state index contributed by atoms with van der Waals surface area (Å²) in [5.41, 5.74) is 4.96. The first-order chi connectivity index (χ1) is 12.2. The Morgan fingerprint density at radius 2 is 1.88 bits per heavy atom. The van der Waals surface area contributed by atoms with E-state index >= 15 is 0 Å². The van der Waals surface area contributed by atoms with Gasteiger partial charge < -0.3 is 16.4 Å². The number of H-pyrrole nitrogens is 1. The molecule has 1 rings (SSSR count). The van der Waals surface area contributed by atoms with Gasteiger partial charge in [0.15, 0.2) is 0 Å². The molecule has 2 unspecified atom stereocenters. The quantitative estimate of drug-likeness (QED) is 0.501. The molecule has 0 spiro atoms. The zero-order chi connectivity index (χ0) is 19.9. The van der Waals surface area contributed by atoms with Gasteiger partial charge in [0.05, 0.1) is 5.92 Å². The number of amides is 1. The van der Waals surface area contributed by atoms with E-state index < -0.39 is 17.2 Å². The molecule has 0 bridgehead atoms. The van der Waals surface area contributed by atoms with Crippen LogP contribution in [0, 0.1) is 11.8 Å². The van der Waals surface area contributed by atoms with Crippen molar-refractivity contribution in [1.29, 1.82) is 0 Å². The highest BCUT2D eigenvalue weighted by molar-refractivity contribution is 5.94. The maximum Gasteiger partial charge on any atom is 0.330 e. The van der Waals surface area contributed by atoms with E-state index in [0.717, 1.165) is 19.3 Å². The number of aromatic nitrogens is 2. The molecule has 8 nitrogen and oxygen atoms in total. The molecule has 5 N–H and O–H groups in total. The van der Waals surface area contributed by atoms with Gasteiger partial charge in [-0.15, -0.1) is 0 Å². The number of rotatable bonds is 10. The zero-order valence-electron chi connectivity index (χ0n) is 16.5. The molecule has 1 amide bonds. The molecule has 1 aromatic rings. The van der Waals surface area contributed by atoms with E-state index in [-0.39, 0.29) is 23.5 Å². The molecule has 0 aliphatic rings. The van der Waals surface area contributed by atoms with Crippen LogP contribution < -0.4 is 27.6 Å². The third kappa shape index (κ3) is 6.01. The summed E-state index contributed by atoms with van der Waals surface area (Å²) in [6.45, 7) is 10.6. The lowest BCUT2D eigenvalue weighted by atomic mass is 10.0. The maximum absolute atomic E-state index is 12.5. The molecule has 0 radical (unpaired) electrons. The highest BCUT2D eigenvalue weighted by atomic mass is 16.2. The van der Waals surface area contributed by atoms with Crippen molar-refractivity contribution in [1.82, 2.24) is 9.55 Å². The summed E-state index contributed by atoms with van der Waals surface area (Å²) >= 11 is 0. The molecule has 148 valence electrons. The summed E-state index contributed by atoms with van der Waals surface area (Å²) < 4.78 is 1.41. The van der Waals surface area contributed by atoms with Crippen molar-refractivity contribution in [3.8, 4) is 0 Å². The first-order valence-electron chi connectivity index (χ1n) is 9.36. The number of anilines is 2. The molecule has 26 heavy (non-hydrogen) atoms. The Hall–Kier alpha value is -2.09. The third-order valence-corrected chi connectivity index (χ3v) is 4.40. The Morgan fingerprint density at radius 3 is 2.42 bits per heavy atom. The lowest BCUT2D eigenvalue weighted by Gasteiger charge is -2.21. The summed E-state index contributed by atoms with van der Waals surface area (Å²) in [5.74, 6) is -0.0909. The van der Waals surface area contributed by atoms with E-state index in [2.05, 4.69) is 29.5 Å². The molecule has 0 saturated heterocycles. The first kappa shape index (κ1) is 22.0. The Labute approximate surface area is 154 Å². The number of nitrogens with one attached hydrogen (secondary N) is 3. The summed E-state index contributed by atoms with van der Waals surface area (Å²) in [4.78, 5) is 39.5. The Bertz CT molecular complexity index is 706. The maximum atomic E-state index is 12.5. The number of carbonyl (C=O) groups is 1. The van der Waals surface area contributed by atoms with Crippen LogP contribution in [0.4, 0.5) is 11.5 Å². The van der Waals surface area contributed by atoms with Crippen molar-refractivity contribution in [3.05, 3.63) is 20.8 Å². The molecule has 2 atom stereocenters. The minimum absolute atomic E-state index is 0.214. The average molecular weight is 367 g/mol. The largest absolute Gasteiger partial charge is 0.378 e. The van der Waals surface area contributed by atoms with Crippen LogP contribution in [-0.2, 0) is 11.3 Å². The Kier molecular flexibility index (Phi) is 8.57. The number of hydrogen-bond donors (Lipinski definition) is 4. The Balaban J connectivity index is 3.30. The highest BCUT2D eigenvalue weighted by Crippen LogP contribution is 2.18. The van der Waals surface area contributed by atoms with Crippen molar-refractivity contribution in [2.75, 3.05) is 17.2 Å². The molecule has 0 aliphatic heterocycles. The topological polar surface area (TPSA) is 122 Å². The predicted molar refractivity (Wildman–Crippen MR) is 106 cm³/mol. The van der Waals surface area contributed by atoms with Crippen LogP contribution in [0.3, 0.4) is 0 Å². The molecule has 0 saturated carbocycles. The van der Waals surface area contributed by atoms with Gasteiger partial charge in [0.2, 0.25) is 5.91 Å². The third-order valence-electron chi connectivity index (χ3n) is 4.40. The molecule has 1 heterocycles. The van der Waals surface area contributed by atoms with Crippen molar-refractivity contribution in [2.45, 2.75) is 66.5 Å².